The van der Waals surface area contributed by atoms with Gasteiger partial charge < -0.3 is 6.16 Å². The van der Waals surface area contributed by atoms with Gasteiger partial charge in [0.05, 0.1) is 6.10 Å². The van der Waals surface area contributed by atoms with Gasteiger partial charge in [0.1, 0.15) is 0 Å². The molecule has 0 aromatic carbocycles. The van der Waals surface area contributed by atoms with Crippen LogP contribution in [0.4, 0.5) is 0 Å². The summed E-state index contributed by atoms with van der Waals surface area (Å²) in [5.41, 5.74) is 0. The van der Waals surface area contributed by atoms with Crippen molar-refractivity contribution in [1.29, 1.82) is 0 Å². The largest absolute Gasteiger partial charge is 1.00 e. The summed E-state index contributed by atoms with van der Waals surface area (Å²) in [4.78, 5) is 0. The Morgan fingerprint density at radius 3 is 2.12 bits per heavy atom. The van der Waals surface area contributed by atoms with Crippen LogP contribution in [-0.2, 0) is 4.74 Å². The minimum Gasteiger partial charge on any atom is -1.00 e. The van der Waals surface area contributed by atoms with Gasteiger partial charge >= 0.3 is 18.9 Å². The van der Waals surface area contributed by atoms with Crippen LogP contribution in [0.25, 0.3) is 0 Å². The third-order valence-corrected chi connectivity index (χ3v) is 0.538. The summed E-state index contributed by atoms with van der Waals surface area (Å²) >= 11 is 8.26. The molecule has 0 saturated heterocycles. The zero-order chi connectivity index (χ0) is 5.86. The Kier molecular flexibility index (Phi) is 8.66. The van der Waals surface area contributed by atoms with E-state index in [4.69, 9.17) is 4.74 Å². The van der Waals surface area contributed by atoms with Gasteiger partial charge in [-0.1, -0.05) is 12.6 Å². The Hall–Kier alpha value is 0.837. The molecule has 0 saturated carbocycles. The molecule has 0 spiro atoms. The van der Waals surface area contributed by atoms with Crippen LogP contribution < -0.4 is 18.9 Å². The molecular formula is C4H9LiOS2. The Morgan fingerprint density at radius 2 is 2.12 bits per heavy atom. The van der Waals surface area contributed by atoms with Crippen LogP contribution in [0, 0.1) is 0 Å². The molecule has 0 bridgehead atoms. The molecule has 0 aromatic rings. The van der Waals surface area contributed by atoms with Crippen molar-refractivity contribution in [1.82, 2.24) is 0 Å². The normalized spacial score (nSPS) is 8.00. The van der Waals surface area contributed by atoms with Gasteiger partial charge in [-0.15, -0.1) is 0 Å². The first kappa shape index (κ1) is 11.6. The number of hydrogen-bond donors (Lipinski definition) is 1. The molecule has 4 heteroatoms. The number of thiocarbonyl (C=S) groups is 1. The van der Waals surface area contributed by atoms with E-state index in [2.05, 4.69) is 24.8 Å². The van der Waals surface area contributed by atoms with Crippen molar-refractivity contribution in [2.24, 2.45) is 0 Å². The number of hydrogen-bond acceptors (Lipinski definition) is 2. The first-order valence-electron chi connectivity index (χ1n) is 2.02. The van der Waals surface area contributed by atoms with Crippen molar-refractivity contribution in [2.45, 2.75) is 20.0 Å². The third kappa shape index (κ3) is 9.96. The monoisotopic (exact) mass is 144 g/mol. The summed E-state index contributed by atoms with van der Waals surface area (Å²) in [5, 5.41) is 0. The van der Waals surface area contributed by atoms with E-state index >= 15 is 0 Å². The molecule has 8 heavy (non-hydrogen) atoms. The Bertz CT molecular complexity index is 79.0. The fourth-order valence-corrected chi connectivity index (χ4v) is 0.605. The molecule has 0 amide bonds. The smallest absolute Gasteiger partial charge is 1.00 e. The molecule has 0 rings (SSSR count). The molecule has 0 atom stereocenters. The Balaban J connectivity index is -0.000000180. The van der Waals surface area contributed by atoms with E-state index < -0.39 is 0 Å². The number of thiol groups is 1. The van der Waals surface area contributed by atoms with Crippen LogP contribution in [0.1, 0.15) is 15.3 Å². The van der Waals surface area contributed by atoms with Crippen LogP contribution in [0.5, 0.6) is 0 Å². The topological polar surface area (TPSA) is 9.23 Å². The van der Waals surface area contributed by atoms with E-state index in [1.165, 1.54) is 0 Å². The predicted octanol–water partition coefficient (Wildman–Crippen LogP) is -1.26. The molecule has 0 aliphatic rings. The van der Waals surface area contributed by atoms with Crippen molar-refractivity contribution in [3.63, 3.8) is 0 Å². The first-order valence-corrected chi connectivity index (χ1v) is 2.88. The van der Waals surface area contributed by atoms with Crippen molar-refractivity contribution < 1.29 is 25.0 Å². The first-order chi connectivity index (χ1) is 3.13. The molecule has 0 unspecified atom stereocenters. The van der Waals surface area contributed by atoms with Crippen LogP contribution in [0.15, 0.2) is 0 Å². The number of ether oxygens (including phenoxy) is 1. The zero-order valence-corrected chi connectivity index (χ0v) is 7.05. The maximum atomic E-state index is 4.85. The van der Waals surface area contributed by atoms with Crippen molar-refractivity contribution in [2.75, 3.05) is 0 Å². The summed E-state index contributed by atoms with van der Waals surface area (Å²) in [6.45, 7) is 3.81. The molecule has 0 N–H and O–H groups in total. The van der Waals surface area contributed by atoms with Gasteiger partial charge in [0.15, 0.2) is 0 Å². The minimum absolute atomic E-state index is 0. The molecule has 0 aromatic heterocycles. The molecule has 1 nitrogen and oxygen atoms in total. The van der Waals surface area contributed by atoms with Gasteiger partial charge in [0, 0.05) is 0 Å². The van der Waals surface area contributed by atoms with Crippen LogP contribution >= 0.6 is 24.8 Å². The molecule has 0 aliphatic carbocycles. The quantitative estimate of drug-likeness (QED) is 0.279. The fraction of sp³-hybridized carbons (Fsp3) is 0.750. The van der Waals surface area contributed by atoms with Gasteiger partial charge in [-0.05, 0) is 26.1 Å². The number of rotatable bonds is 1. The molecule has 0 fully saturated rings. The van der Waals surface area contributed by atoms with E-state index in [-0.39, 0.29) is 26.4 Å². The summed E-state index contributed by atoms with van der Waals surface area (Å²) in [5.74, 6) is 0. The average molecular weight is 144 g/mol. The minimum atomic E-state index is 0. The van der Waals surface area contributed by atoms with Gasteiger partial charge in [-0.25, -0.2) is 0 Å². The van der Waals surface area contributed by atoms with Crippen LogP contribution in [-0.4, -0.2) is 10.5 Å². The van der Waals surface area contributed by atoms with Crippen molar-refractivity contribution in [3.8, 4) is 0 Å². The van der Waals surface area contributed by atoms with Crippen molar-refractivity contribution >= 4 is 29.2 Å². The summed E-state index contributed by atoms with van der Waals surface area (Å²) < 4.78 is 5.16. The summed E-state index contributed by atoms with van der Waals surface area (Å²) in [6.07, 6.45) is 0.157. The third-order valence-electron chi connectivity index (χ3n) is 0.337. The molecule has 0 heterocycles. The second-order valence-electron chi connectivity index (χ2n) is 1.43. The van der Waals surface area contributed by atoms with E-state index in [9.17, 15) is 0 Å². The predicted molar refractivity (Wildman–Crippen MR) is 38.9 cm³/mol. The van der Waals surface area contributed by atoms with Gasteiger partial charge in [0.25, 0.3) is 0 Å². The Labute approximate surface area is 74.2 Å². The maximum absolute atomic E-state index is 4.85. The van der Waals surface area contributed by atoms with Crippen molar-refractivity contribution in [3.05, 3.63) is 0 Å². The summed E-state index contributed by atoms with van der Waals surface area (Å²) in [6, 6.07) is 0. The SMILES string of the molecule is CC(C)OC(=S)S.[H-].[Li+]. The zero-order valence-electron chi connectivity index (χ0n) is 6.34. The molecule has 0 radical (unpaired) electrons. The van der Waals surface area contributed by atoms with E-state index in [0.717, 1.165) is 0 Å². The molecular weight excluding hydrogens is 135 g/mol. The van der Waals surface area contributed by atoms with E-state index in [1.54, 1.807) is 0 Å². The summed E-state index contributed by atoms with van der Waals surface area (Å²) in [7, 11) is 0. The molecule has 0 aliphatic heterocycles. The van der Waals surface area contributed by atoms with Gasteiger partial charge in [-0.3, -0.25) is 0 Å². The van der Waals surface area contributed by atoms with E-state index in [1.807, 2.05) is 13.8 Å². The van der Waals surface area contributed by atoms with Crippen LogP contribution in [0.2, 0.25) is 0 Å². The second-order valence-corrected chi connectivity index (χ2v) is 2.51. The molecule has 44 valence electrons. The second kappa shape index (κ2) is 5.96. The Morgan fingerprint density at radius 1 is 1.75 bits per heavy atom. The standard InChI is InChI=1S/C4H8OS2.Li.H/c1-3(2)5-4(6)7;;/h3H,1-2H3,(H,6,7);;/q;+1;-1. The fourth-order valence-electron chi connectivity index (χ4n) is 0.202. The maximum Gasteiger partial charge on any atom is 1.00 e. The van der Waals surface area contributed by atoms with Gasteiger partial charge in [0.2, 0.25) is 4.38 Å². The van der Waals surface area contributed by atoms with Gasteiger partial charge in [-0.2, -0.15) is 0 Å². The average Bonchev–Trinajstić information content (AvgIpc) is 1.27. The van der Waals surface area contributed by atoms with Crippen LogP contribution in [0.3, 0.4) is 0 Å². The van der Waals surface area contributed by atoms with E-state index in [0.29, 0.717) is 4.38 Å².